The minimum atomic E-state index is -0.0168. The third kappa shape index (κ3) is 6.91. The van der Waals surface area contributed by atoms with E-state index in [1.54, 1.807) is 0 Å². The zero-order valence-electron chi connectivity index (χ0n) is 32.9. The van der Waals surface area contributed by atoms with E-state index in [9.17, 15) is 0 Å². The van der Waals surface area contributed by atoms with Crippen molar-refractivity contribution < 1.29 is 25.8 Å². The molecule has 0 atom stereocenters. The predicted octanol–water partition coefficient (Wildman–Crippen LogP) is 13.0. The van der Waals surface area contributed by atoms with Gasteiger partial charge in [-0.25, -0.2) is 4.98 Å². The van der Waals surface area contributed by atoms with Crippen LogP contribution in [0.1, 0.15) is 43.0 Å². The summed E-state index contributed by atoms with van der Waals surface area (Å²) in [6, 6.07) is 51.1. The van der Waals surface area contributed by atoms with Crippen LogP contribution in [0, 0.1) is 32.9 Å². The summed E-state index contributed by atoms with van der Waals surface area (Å²) in [5.41, 5.74) is 14.8. The summed E-state index contributed by atoms with van der Waals surface area (Å²) >= 11 is 0. The number of para-hydroxylation sites is 1. The molecule has 6 heteroatoms. The maximum Gasteiger partial charge on any atom is 2.00 e. The molecule has 9 aromatic rings. The predicted molar refractivity (Wildman–Crippen MR) is 229 cm³/mol. The van der Waals surface area contributed by atoms with Gasteiger partial charge in [-0.3, -0.25) is 4.68 Å². The Kier molecular flexibility index (Phi) is 10.1. The quantitative estimate of drug-likeness (QED) is 0.150. The number of aromatic nitrogens is 4. The Balaban J connectivity index is 0.00000455. The van der Waals surface area contributed by atoms with Gasteiger partial charge in [0.05, 0.1) is 6.20 Å². The molecular formula is C51H42N4OPt. The first kappa shape index (κ1) is 37.9. The van der Waals surface area contributed by atoms with E-state index in [-0.39, 0.29) is 26.5 Å². The molecule has 0 aliphatic carbocycles. The van der Waals surface area contributed by atoms with Gasteiger partial charge in [-0.1, -0.05) is 105 Å². The maximum absolute atomic E-state index is 6.52. The van der Waals surface area contributed by atoms with Crippen molar-refractivity contribution in [3.05, 3.63) is 180 Å². The van der Waals surface area contributed by atoms with Crippen LogP contribution in [0.4, 0.5) is 0 Å². The minimum absolute atomic E-state index is 0. The molecule has 9 rings (SSSR count). The van der Waals surface area contributed by atoms with Gasteiger partial charge in [-0.05, 0) is 100.0 Å². The molecular weight excluding hydrogens is 880 g/mol. The average Bonchev–Trinajstić information content (AvgIpc) is 3.84. The summed E-state index contributed by atoms with van der Waals surface area (Å²) < 4.78 is 10.6. The second-order valence-electron chi connectivity index (χ2n) is 15.5. The minimum Gasteiger partial charge on any atom is -0.509 e. The van der Waals surface area contributed by atoms with Crippen molar-refractivity contribution in [3.63, 3.8) is 0 Å². The largest absolute Gasteiger partial charge is 2.00 e. The molecule has 3 heterocycles. The first-order valence-electron chi connectivity index (χ1n) is 19.1. The summed E-state index contributed by atoms with van der Waals surface area (Å²) in [4.78, 5) is 4.82. The molecule has 0 saturated heterocycles. The van der Waals surface area contributed by atoms with E-state index in [2.05, 4.69) is 168 Å². The molecule has 3 aromatic heterocycles. The Morgan fingerprint density at radius 3 is 1.93 bits per heavy atom. The molecule has 0 N–H and O–H groups in total. The number of pyridine rings is 1. The normalized spacial score (nSPS) is 11.5. The Morgan fingerprint density at radius 1 is 0.596 bits per heavy atom. The summed E-state index contributed by atoms with van der Waals surface area (Å²) in [5, 5.41) is 7.14. The van der Waals surface area contributed by atoms with Crippen LogP contribution in [-0.4, -0.2) is 19.3 Å². The molecule has 5 nitrogen and oxygen atoms in total. The van der Waals surface area contributed by atoms with E-state index in [4.69, 9.17) is 14.8 Å². The zero-order valence-corrected chi connectivity index (χ0v) is 35.1. The molecule has 0 aliphatic rings. The number of fused-ring (bicyclic) bond motifs is 3. The third-order valence-corrected chi connectivity index (χ3v) is 11.0. The van der Waals surface area contributed by atoms with E-state index >= 15 is 0 Å². The van der Waals surface area contributed by atoms with E-state index in [1.165, 1.54) is 50.1 Å². The Morgan fingerprint density at radius 2 is 1.25 bits per heavy atom. The average molecular weight is 922 g/mol. The fourth-order valence-electron chi connectivity index (χ4n) is 7.89. The van der Waals surface area contributed by atoms with Crippen molar-refractivity contribution in [2.75, 3.05) is 0 Å². The number of rotatable bonds is 7. The molecule has 282 valence electrons. The summed E-state index contributed by atoms with van der Waals surface area (Å²) in [6.07, 6.45) is 5.96. The second kappa shape index (κ2) is 15.1. The first-order valence-corrected chi connectivity index (χ1v) is 19.1. The van der Waals surface area contributed by atoms with Gasteiger partial charge >= 0.3 is 21.1 Å². The second-order valence-corrected chi connectivity index (χ2v) is 15.5. The van der Waals surface area contributed by atoms with Gasteiger partial charge in [-0.2, -0.15) is 17.2 Å². The van der Waals surface area contributed by atoms with Crippen LogP contribution in [0.2, 0.25) is 0 Å². The number of ether oxygens (including phenoxy) is 1. The van der Waals surface area contributed by atoms with Gasteiger partial charge in [0.1, 0.15) is 5.82 Å². The standard InChI is InChI=1S/C51H42N4O.Pt/c1-33-34(2)48(36-16-9-7-10-17-36)50(49(35(33)3)37-18-11-8-12-19-37)38-31-53-54(32-38)40-20-15-21-41(29-40)56-42-24-25-44-43-22-13-14-23-45(43)55(46(44)30-42)47-28-39(26-27-52-47)51(4,5)6;/h7-28,31-32H,1-6H3;/q-2;+2. The summed E-state index contributed by atoms with van der Waals surface area (Å²) in [6.45, 7) is 13.4. The first-order chi connectivity index (χ1) is 27.2. The monoisotopic (exact) mass is 921 g/mol. The van der Waals surface area contributed by atoms with Crippen LogP contribution in [0.25, 0.3) is 66.7 Å². The van der Waals surface area contributed by atoms with E-state index in [1.807, 2.05) is 41.3 Å². The van der Waals surface area contributed by atoms with Gasteiger partial charge in [-0.15, -0.1) is 35.7 Å². The van der Waals surface area contributed by atoms with Crippen LogP contribution in [0.3, 0.4) is 0 Å². The topological polar surface area (TPSA) is 44.9 Å². The number of benzene rings is 6. The van der Waals surface area contributed by atoms with Crippen LogP contribution < -0.4 is 4.74 Å². The third-order valence-electron chi connectivity index (χ3n) is 11.0. The van der Waals surface area contributed by atoms with Crippen LogP contribution in [0.5, 0.6) is 11.5 Å². The molecule has 0 saturated carbocycles. The van der Waals surface area contributed by atoms with E-state index < -0.39 is 0 Å². The zero-order chi connectivity index (χ0) is 38.6. The smallest absolute Gasteiger partial charge is 0.509 e. The molecule has 0 spiro atoms. The SMILES string of the molecule is Cc1c(C)c(-c2ccccc2)c(-c2cnn(-c3[c-]c(Oc4[c-]c5c(cc4)c4ccccc4n5-c4cc(C(C)(C)C)ccn4)ccc3)c2)c(-c2ccccc2)c1C.[Pt+2]. The van der Waals surface area contributed by atoms with Crippen molar-refractivity contribution in [1.82, 2.24) is 19.3 Å². The molecule has 6 aromatic carbocycles. The molecule has 0 unspecified atom stereocenters. The van der Waals surface area contributed by atoms with Crippen LogP contribution in [-0.2, 0) is 26.5 Å². The van der Waals surface area contributed by atoms with Crippen molar-refractivity contribution in [2.24, 2.45) is 0 Å². The van der Waals surface area contributed by atoms with Crippen LogP contribution >= 0.6 is 0 Å². The maximum atomic E-state index is 6.52. The molecule has 0 bridgehead atoms. The van der Waals surface area contributed by atoms with Gasteiger partial charge in [0, 0.05) is 40.5 Å². The number of hydrogen-bond donors (Lipinski definition) is 0. The van der Waals surface area contributed by atoms with Crippen molar-refractivity contribution >= 4 is 21.8 Å². The van der Waals surface area contributed by atoms with Gasteiger partial charge in [0.25, 0.3) is 0 Å². The number of nitrogens with zero attached hydrogens (tertiary/aromatic N) is 4. The van der Waals surface area contributed by atoms with E-state index in [0.29, 0.717) is 11.5 Å². The van der Waals surface area contributed by atoms with Crippen LogP contribution in [0.15, 0.2) is 146 Å². The van der Waals surface area contributed by atoms with Crippen molar-refractivity contribution in [2.45, 2.75) is 47.0 Å². The summed E-state index contributed by atoms with van der Waals surface area (Å²) in [5.74, 6) is 2.02. The molecule has 0 fully saturated rings. The fraction of sp³-hybridized carbons (Fsp3) is 0.137. The van der Waals surface area contributed by atoms with E-state index in [0.717, 1.165) is 38.9 Å². The Bertz CT molecular complexity index is 2830. The molecule has 57 heavy (non-hydrogen) atoms. The molecule has 0 aliphatic heterocycles. The van der Waals surface area contributed by atoms with Crippen molar-refractivity contribution in [3.8, 4) is 56.4 Å². The summed E-state index contributed by atoms with van der Waals surface area (Å²) in [7, 11) is 0. The van der Waals surface area contributed by atoms with Gasteiger partial charge < -0.3 is 9.30 Å². The number of hydrogen-bond acceptors (Lipinski definition) is 3. The Hall–Kier alpha value is -6.03. The molecule has 0 radical (unpaired) electrons. The van der Waals surface area contributed by atoms with Crippen molar-refractivity contribution in [1.29, 1.82) is 0 Å². The molecule has 0 amide bonds. The fourth-order valence-corrected chi connectivity index (χ4v) is 7.89. The van der Waals surface area contributed by atoms with Gasteiger partial charge in [0.15, 0.2) is 0 Å². The van der Waals surface area contributed by atoms with Gasteiger partial charge in [0.2, 0.25) is 0 Å². The Labute approximate surface area is 348 Å².